The van der Waals surface area contributed by atoms with Gasteiger partial charge in [0.1, 0.15) is 0 Å². The maximum atomic E-state index is 13.2. The van der Waals surface area contributed by atoms with E-state index in [4.69, 9.17) is 11.5 Å². The van der Waals surface area contributed by atoms with Crippen molar-refractivity contribution in [3.63, 3.8) is 0 Å². The van der Waals surface area contributed by atoms with Crippen molar-refractivity contribution in [3.05, 3.63) is 83.4 Å². The van der Waals surface area contributed by atoms with E-state index in [0.717, 1.165) is 11.0 Å². The fourth-order valence-electron chi connectivity index (χ4n) is 3.19. The Balaban J connectivity index is 1.88. The maximum Gasteiger partial charge on any atom is 0.263 e. The zero-order valence-corrected chi connectivity index (χ0v) is 14.2. The van der Waals surface area contributed by atoms with Crippen molar-refractivity contribution in [3.8, 4) is 11.1 Å². The number of carbonyl (C=O) groups excluding carboxylic acids is 3. The fourth-order valence-corrected chi connectivity index (χ4v) is 3.19. The van der Waals surface area contributed by atoms with Crippen molar-refractivity contribution in [1.82, 2.24) is 4.57 Å². The van der Waals surface area contributed by atoms with Gasteiger partial charge in [-0.25, -0.2) is 0 Å². The number of benzene rings is 3. The molecule has 0 spiro atoms. The third kappa shape index (κ3) is 2.73. The first kappa shape index (κ1) is 16.5. The van der Waals surface area contributed by atoms with Crippen molar-refractivity contribution >= 4 is 28.8 Å². The minimum Gasteiger partial charge on any atom is -0.366 e. The largest absolute Gasteiger partial charge is 0.366 e. The number of carbonyl (C=O) groups is 3. The molecule has 27 heavy (non-hydrogen) atoms. The summed E-state index contributed by atoms with van der Waals surface area (Å²) in [5.41, 5.74) is 14.6. The average Bonchev–Trinajstić information content (AvgIpc) is 3.27. The van der Waals surface area contributed by atoms with Gasteiger partial charge < -0.3 is 11.5 Å². The lowest BCUT2D eigenvalue weighted by Crippen LogP contribution is -2.15. The summed E-state index contributed by atoms with van der Waals surface area (Å²) in [5.74, 6) is -1.33. The van der Waals surface area contributed by atoms with Gasteiger partial charge in [-0.3, -0.25) is 19.0 Å². The lowest BCUT2D eigenvalue weighted by Gasteiger charge is -2.12. The second-order valence-electron chi connectivity index (χ2n) is 6.22. The van der Waals surface area contributed by atoms with E-state index in [2.05, 4.69) is 0 Å². The molecule has 4 aromatic rings. The number of aromatic nitrogens is 1. The van der Waals surface area contributed by atoms with E-state index in [1.807, 2.05) is 24.3 Å². The molecule has 2 aromatic carbocycles. The van der Waals surface area contributed by atoms with Gasteiger partial charge in [-0.1, -0.05) is 12.1 Å². The highest BCUT2D eigenvalue weighted by molar-refractivity contribution is 6.08. The van der Waals surface area contributed by atoms with Crippen LogP contribution in [0.2, 0.25) is 0 Å². The number of amides is 2. The van der Waals surface area contributed by atoms with Crippen molar-refractivity contribution < 1.29 is 14.4 Å². The zero-order valence-electron chi connectivity index (χ0n) is 14.2. The van der Waals surface area contributed by atoms with Crippen molar-refractivity contribution in [2.24, 2.45) is 11.5 Å². The van der Waals surface area contributed by atoms with Crippen molar-refractivity contribution in [2.75, 3.05) is 0 Å². The van der Waals surface area contributed by atoms with Crippen molar-refractivity contribution in [2.45, 2.75) is 0 Å². The van der Waals surface area contributed by atoms with E-state index in [1.54, 1.807) is 41.0 Å². The first-order valence-electron chi connectivity index (χ1n) is 8.24. The molecule has 2 aromatic heterocycles. The molecule has 0 aliphatic rings. The predicted octanol–water partition coefficient (Wildman–Crippen LogP) is 2.63. The van der Waals surface area contributed by atoms with Gasteiger partial charge in [0.2, 0.25) is 11.8 Å². The van der Waals surface area contributed by atoms with E-state index in [9.17, 15) is 14.4 Å². The van der Waals surface area contributed by atoms with Crippen LogP contribution in [0.5, 0.6) is 0 Å². The number of fused-ring (bicyclic) bond motifs is 2. The van der Waals surface area contributed by atoms with Gasteiger partial charge in [0.15, 0.2) is 0 Å². The van der Waals surface area contributed by atoms with E-state index in [-0.39, 0.29) is 5.91 Å². The Morgan fingerprint density at radius 2 is 1.19 bits per heavy atom. The number of nitrogens with zero attached hydrogens (tertiary/aromatic N) is 1. The molecule has 0 aliphatic heterocycles. The van der Waals surface area contributed by atoms with Gasteiger partial charge in [-0.15, -0.1) is 0 Å². The molecular weight excluding hydrogens is 342 g/mol. The Bertz CT molecular complexity index is 1140. The molecule has 0 saturated carbocycles. The highest BCUT2D eigenvalue weighted by Crippen LogP contribution is 2.28. The molecule has 4 N–H and O–H groups in total. The monoisotopic (exact) mass is 357 g/mol. The minimum absolute atomic E-state index is 0.208. The topological polar surface area (TPSA) is 108 Å². The summed E-state index contributed by atoms with van der Waals surface area (Å²) >= 11 is 0. The molecule has 0 saturated heterocycles. The number of primary amides is 2. The normalized spacial score (nSPS) is 11.0. The van der Waals surface area contributed by atoms with Gasteiger partial charge in [0.25, 0.3) is 5.91 Å². The average molecular weight is 357 g/mol. The predicted molar refractivity (Wildman–Crippen MR) is 102 cm³/mol. The SMILES string of the molecule is NC(=O)c1ccc(-c2cc(C(N)=O)ccc2C(=O)n2c3ccc2cc3)cc1. The Hall–Kier alpha value is -3.93. The molecule has 0 atom stereocenters. The molecule has 4 rings (SSSR count). The van der Waals surface area contributed by atoms with Gasteiger partial charge in [-0.05, 0) is 65.7 Å². The molecule has 6 nitrogen and oxygen atoms in total. The van der Waals surface area contributed by atoms with Gasteiger partial charge >= 0.3 is 0 Å². The third-order valence-electron chi connectivity index (χ3n) is 4.58. The summed E-state index contributed by atoms with van der Waals surface area (Å²) in [7, 11) is 0. The van der Waals surface area contributed by atoms with Gasteiger partial charge in [-0.2, -0.15) is 0 Å². The molecular formula is C21H15N3O3. The summed E-state index contributed by atoms with van der Waals surface area (Å²) in [5, 5.41) is 0. The maximum absolute atomic E-state index is 13.2. The highest BCUT2D eigenvalue weighted by atomic mass is 16.2. The second-order valence-corrected chi connectivity index (χ2v) is 6.22. The minimum atomic E-state index is -0.586. The Labute approximate surface area is 154 Å². The molecule has 0 aliphatic carbocycles. The number of rotatable bonds is 4. The van der Waals surface area contributed by atoms with Crippen LogP contribution in [0.4, 0.5) is 0 Å². The first-order valence-corrected chi connectivity index (χ1v) is 8.24. The summed E-state index contributed by atoms with van der Waals surface area (Å²) in [6.07, 6.45) is 0. The summed E-state index contributed by atoms with van der Waals surface area (Å²) in [4.78, 5) is 36.1. The van der Waals surface area contributed by atoms with Crippen LogP contribution in [-0.4, -0.2) is 22.3 Å². The van der Waals surface area contributed by atoms with Crippen LogP contribution in [0.3, 0.4) is 0 Å². The van der Waals surface area contributed by atoms with Gasteiger partial charge in [0, 0.05) is 27.7 Å². The molecule has 2 bridgehead atoms. The summed E-state index contributed by atoms with van der Waals surface area (Å²) in [6, 6.07) is 18.7. The summed E-state index contributed by atoms with van der Waals surface area (Å²) < 4.78 is 1.61. The third-order valence-corrected chi connectivity index (χ3v) is 4.58. The Morgan fingerprint density at radius 1 is 0.667 bits per heavy atom. The molecule has 132 valence electrons. The molecule has 0 fully saturated rings. The van der Waals surface area contributed by atoms with E-state index >= 15 is 0 Å². The van der Waals surface area contributed by atoms with Crippen LogP contribution in [0, 0.1) is 0 Å². The smallest absolute Gasteiger partial charge is 0.263 e. The second kappa shape index (κ2) is 6.10. The molecule has 2 heterocycles. The number of hydrogen-bond donors (Lipinski definition) is 2. The fraction of sp³-hybridized carbons (Fsp3) is 0. The van der Waals surface area contributed by atoms with Crippen molar-refractivity contribution in [1.29, 1.82) is 0 Å². The van der Waals surface area contributed by atoms with E-state index < -0.39 is 11.8 Å². The Kier molecular flexibility index (Phi) is 3.74. The van der Waals surface area contributed by atoms with E-state index in [1.165, 1.54) is 6.07 Å². The van der Waals surface area contributed by atoms with E-state index in [0.29, 0.717) is 27.8 Å². The highest BCUT2D eigenvalue weighted by Gasteiger charge is 2.19. The van der Waals surface area contributed by atoms with Crippen LogP contribution in [-0.2, 0) is 0 Å². The Morgan fingerprint density at radius 3 is 1.70 bits per heavy atom. The number of hydrogen-bond acceptors (Lipinski definition) is 3. The first-order chi connectivity index (χ1) is 13.0. The van der Waals surface area contributed by atoms with Crippen LogP contribution in [0.15, 0.2) is 66.7 Å². The lowest BCUT2D eigenvalue weighted by atomic mass is 9.95. The van der Waals surface area contributed by atoms with Gasteiger partial charge in [0.05, 0.1) is 0 Å². The van der Waals surface area contributed by atoms with Crippen LogP contribution >= 0.6 is 0 Å². The summed E-state index contributed by atoms with van der Waals surface area (Å²) in [6.45, 7) is 0. The number of nitrogens with two attached hydrogens (primary N) is 2. The molecule has 0 radical (unpaired) electrons. The standard InChI is InChI=1S/C21H15N3O3/c22-19(25)13-3-1-12(2-4-13)18-11-14(20(23)26)5-10-17(18)21(27)24-15-6-7-16(24)9-8-15/h1-11H,(H2,22,25)(H2,23,26). The van der Waals surface area contributed by atoms with Crippen LogP contribution < -0.4 is 11.5 Å². The van der Waals surface area contributed by atoms with Crippen LogP contribution in [0.1, 0.15) is 31.1 Å². The van der Waals surface area contributed by atoms with Crippen LogP contribution in [0.25, 0.3) is 22.2 Å². The quantitative estimate of drug-likeness (QED) is 0.586. The molecule has 0 unspecified atom stereocenters. The zero-order chi connectivity index (χ0) is 19.1. The molecule has 6 heteroatoms. The molecule has 2 amide bonds. The lowest BCUT2D eigenvalue weighted by molar-refractivity contribution is 0.0965.